The summed E-state index contributed by atoms with van der Waals surface area (Å²) in [6.07, 6.45) is 3.81. The van der Waals surface area contributed by atoms with Crippen LogP contribution in [0.2, 0.25) is 0 Å². The van der Waals surface area contributed by atoms with Crippen LogP contribution < -0.4 is 5.32 Å². The third-order valence-corrected chi connectivity index (χ3v) is 3.61. The van der Waals surface area contributed by atoms with Gasteiger partial charge in [0.1, 0.15) is 0 Å². The van der Waals surface area contributed by atoms with Gasteiger partial charge < -0.3 is 15.3 Å². The summed E-state index contributed by atoms with van der Waals surface area (Å²) in [4.78, 5) is 13.7. The smallest absolute Gasteiger partial charge is 0.317 e. The lowest BCUT2D eigenvalue weighted by molar-refractivity contribution is 0.157. The van der Waals surface area contributed by atoms with Gasteiger partial charge in [0.2, 0.25) is 0 Å². The lowest BCUT2D eigenvalue weighted by Gasteiger charge is -2.23. The molecule has 1 atom stereocenters. The quantitative estimate of drug-likeness (QED) is 0.795. The van der Waals surface area contributed by atoms with Gasteiger partial charge in [0, 0.05) is 13.1 Å². The molecule has 2 amide bonds. The van der Waals surface area contributed by atoms with Crippen LogP contribution in [0.1, 0.15) is 24.8 Å². The van der Waals surface area contributed by atoms with Crippen molar-refractivity contribution in [2.24, 2.45) is 0 Å². The minimum Gasteiger partial charge on any atom is -0.394 e. The van der Waals surface area contributed by atoms with E-state index < -0.39 is 0 Å². The van der Waals surface area contributed by atoms with E-state index in [-0.39, 0.29) is 18.7 Å². The average molecular weight is 262 g/mol. The molecule has 2 rings (SSSR count). The van der Waals surface area contributed by atoms with Crippen LogP contribution in [-0.2, 0) is 6.42 Å². The second kappa shape index (κ2) is 7.14. The van der Waals surface area contributed by atoms with E-state index in [9.17, 15) is 9.90 Å². The lowest BCUT2D eigenvalue weighted by atomic mass is 10.1. The maximum absolute atomic E-state index is 11.9. The fourth-order valence-electron chi connectivity index (χ4n) is 2.53. The summed E-state index contributed by atoms with van der Waals surface area (Å²) in [6, 6.07) is 10.2. The maximum Gasteiger partial charge on any atom is 0.317 e. The highest BCUT2D eigenvalue weighted by atomic mass is 16.3. The van der Waals surface area contributed by atoms with Crippen LogP contribution in [-0.4, -0.2) is 41.8 Å². The number of carbonyl (C=O) groups excluding carboxylic acids is 1. The van der Waals surface area contributed by atoms with Crippen molar-refractivity contribution in [3.05, 3.63) is 35.9 Å². The molecule has 0 radical (unpaired) electrons. The summed E-state index contributed by atoms with van der Waals surface area (Å²) in [5.41, 5.74) is 1.30. The molecule has 19 heavy (non-hydrogen) atoms. The number of amides is 2. The number of urea groups is 1. The van der Waals surface area contributed by atoms with Crippen LogP contribution in [0.4, 0.5) is 4.79 Å². The molecule has 1 fully saturated rings. The van der Waals surface area contributed by atoms with Gasteiger partial charge in [0.25, 0.3) is 0 Å². The standard InChI is InChI=1S/C15H22N2O2/c18-12-14-9-5-11-17(14)15(19)16-10-4-8-13-6-2-1-3-7-13/h1-3,6-7,14,18H,4-5,8-12H2,(H,16,19). The number of aliphatic hydroxyl groups is 1. The third-order valence-electron chi connectivity index (χ3n) is 3.61. The Balaban J connectivity index is 1.67. The predicted octanol–water partition coefficient (Wildman–Crippen LogP) is 1.79. The van der Waals surface area contributed by atoms with Gasteiger partial charge in [-0.3, -0.25) is 0 Å². The Morgan fingerprint density at radius 1 is 1.37 bits per heavy atom. The van der Waals surface area contributed by atoms with Crippen molar-refractivity contribution < 1.29 is 9.90 Å². The molecule has 1 unspecified atom stereocenters. The monoisotopic (exact) mass is 262 g/mol. The zero-order valence-electron chi connectivity index (χ0n) is 11.2. The molecule has 4 heteroatoms. The topological polar surface area (TPSA) is 52.6 Å². The Morgan fingerprint density at radius 3 is 2.89 bits per heavy atom. The van der Waals surface area contributed by atoms with Crippen molar-refractivity contribution in [3.63, 3.8) is 0 Å². The average Bonchev–Trinajstić information content (AvgIpc) is 2.93. The number of aliphatic hydroxyl groups excluding tert-OH is 1. The molecule has 0 saturated carbocycles. The van der Waals surface area contributed by atoms with Crippen molar-refractivity contribution in [2.75, 3.05) is 19.7 Å². The van der Waals surface area contributed by atoms with E-state index in [2.05, 4.69) is 17.4 Å². The molecule has 1 aliphatic rings. The minimum atomic E-state index is -0.0374. The summed E-state index contributed by atoms with van der Waals surface area (Å²) >= 11 is 0. The van der Waals surface area contributed by atoms with Gasteiger partial charge in [-0.2, -0.15) is 0 Å². The fraction of sp³-hybridized carbons (Fsp3) is 0.533. The van der Waals surface area contributed by atoms with Crippen molar-refractivity contribution in [1.29, 1.82) is 0 Å². The summed E-state index contributed by atoms with van der Waals surface area (Å²) in [5, 5.41) is 12.1. The molecule has 1 aromatic rings. The van der Waals surface area contributed by atoms with E-state index in [1.54, 1.807) is 4.90 Å². The Hall–Kier alpha value is -1.55. The fourth-order valence-corrected chi connectivity index (χ4v) is 2.53. The van der Waals surface area contributed by atoms with Crippen molar-refractivity contribution in [2.45, 2.75) is 31.7 Å². The highest BCUT2D eigenvalue weighted by Crippen LogP contribution is 2.16. The van der Waals surface area contributed by atoms with Crippen LogP contribution in [0, 0.1) is 0 Å². The number of benzene rings is 1. The molecule has 1 heterocycles. The van der Waals surface area contributed by atoms with Gasteiger partial charge >= 0.3 is 6.03 Å². The Labute approximate surface area is 114 Å². The van der Waals surface area contributed by atoms with E-state index in [1.807, 2.05) is 18.2 Å². The van der Waals surface area contributed by atoms with Crippen LogP contribution in [0.5, 0.6) is 0 Å². The van der Waals surface area contributed by atoms with E-state index in [0.717, 1.165) is 32.2 Å². The van der Waals surface area contributed by atoms with Gasteiger partial charge in [0.05, 0.1) is 12.6 Å². The molecule has 0 spiro atoms. The van der Waals surface area contributed by atoms with Gasteiger partial charge in [-0.15, -0.1) is 0 Å². The highest BCUT2D eigenvalue weighted by Gasteiger charge is 2.27. The molecule has 0 aliphatic carbocycles. The van der Waals surface area contributed by atoms with Crippen LogP contribution in [0.3, 0.4) is 0 Å². The summed E-state index contributed by atoms with van der Waals surface area (Å²) in [7, 11) is 0. The first-order valence-electron chi connectivity index (χ1n) is 7.00. The molecule has 0 aromatic heterocycles. The third kappa shape index (κ3) is 3.96. The van der Waals surface area contributed by atoms with Crippen molar-refractivity contribution in [3.8, 4) is 0 Å². The van der Waals surface area contributed by atoms with E-state index in [1.165, 1.54) is 5.56 Å². The van der Waals surface area contributed by atoms with Crippen LogP contribution >= 0.6 is 0 Å². The number of nitrogens with zero attached hydrogens (tertiary/aromatic N) is 1. The van der Waals surface area contributed by atoms with Crippen LogP contribution in [0.15, 0.2) is 30.3 Å². The SMILES string of the molecule is O=C(NCCCc1ccccc1)N1CCCC1CO. The molecule has 104 valence electrons. The first-order chi connectivity index (χ1) is 9.31. The second-order valence-corrected chi connectivity index (χ2v) is 4.99. The first-order valence-corrected chi connectivity index (χ1v) is 7.00. The number of nitrogens with one attached hydrogen (secondary N) is 1. The minimum absolute atomic E-state index is 0.00845. The van der Waals surface area contributed by atoms with Gasteiger partial charge in [-0.05, 0) is 31.2 Å². The Kier molecular flexibility index (Phi) is 5.21. The number of carbonyl (C=O) groups is 1. The molecular weight excluding hydrogens is 240 g/mol. The zero-order valence-corrected chi connectivity index (χ0v) is 11.2. The second-order valence-electron chi connectivity index (χ2n) is 4.99. The zero-order chi connectivity index (χ0) is 13.5. The molecule has 1 saturated heterocycles. The summed E-state index contributed by atoms with van der Waals surface area (Å²) in [5.74, 6) is 0. The van der Waals surface area contributed by atoms with Crippen molar-refractivity contribution >= 4 is 6.03 Å². The lowest BCUT2D eigenvalue weighted by Crippen LogP contribution is -2.44. The molecule has 0 bridgehead atoms. The Bertz CT molecular complexity index is 394. The predicted molar refractivity (Wildman–Crippen MR) is 75.0 cm³/mol. The summed E-state index contributed by atoms with van der Waals surface area (Å²) < 4.78 is 0. The van der Waals surface area contributed by atoms with E-state index in [0.29, 0.717) is 6.54 Å². The molecule has 2 N–H and O–H groups in total. The molecule has 1 aromatic carbocycles. The number of rotatable bonds is 5. The van der Waals surface area contributed by atoms with Crippen LogP contribution in [0.25, 0.3) is 0 Å². The number of hydrogen-bond acceptors (Lipinski definition) is 2. The Morgan fingerprint density at radius 2 is 2.16 bits per heavy atom. The number of hydrogen-bond donors (Lipinski definition) is 2. The molecule has 4 nitrogen and oxygen atoms in total. The van der Waals surface area contributed by atoms with E-state index >= 15 is 0 Å². The number of likely N-dealkylation sites (tertiary alicyclic amines) is 1. The van der Waals surface area contributed by atoms with Gasteiger partial charge in [-0.1, -0.05) is 30.3 Å². The van der Waals surface area contributed by atoms with Gasteiger partial charge in [0.15, 0.2) is 0 Å². The highest BCUT2D eigenvalue weighted by molar-refractivity contribution is 5.74. The molecular formula is C15H22N2O2. The molecule has 1 aliphatic heterocycles. The van der Waals surface area contributed by atoms with Crippen molar-refractivity contribution in [1.82, 2.24) is 10.2 Å². The largest absolute Gasteiger partial charge is 0.394 e. The van der Waals surface area contributed by atoms with E-state index in [4.69, 9.17) is 0 Å². The maximum atomic E-state index is 11.9. The normalized spacial score (nSPS) is 18.6. The summed E-state index contributed by atoms with van der Waals surface area (Å²) in [6.45, 7) is 1.51. The number of aryl methyl sites for hydroxylation is 1. The first kappa shape index (κ1) is 13.9. The van der Waals surface area contributed by atoms with Gasteiger partial charge in [-0.25, -0.2) is 4.79 Å².